The fourth-order valence-electron chi connectivity index (χ4n) is 2.32. The van der Waals surface area contributed by atoms with Crippen molar-refractivity contribution in [2.24, 2.45) is 0 Å². The largest absolute Gasteiger partial charge is 0.484 e. The summed E-state index contributed by atoms with van der Waals surface area (Å²) >= 11 is 0. The van der Waals surface area contributed by atoms with Crippen LogP contribution in [0.3, 0.4) is 0 Å². The minimum atomic E-state index is -0.284. The number of para-hydroxylation sites is 1. The summed E-state index contributed by atoms with van der Waals surface area (Å²) in [6.45, 7) is 0.679. The molecule has 0 aliphatic heterocycles. The summed E-state index contributed by atoms with van der Waals surface area (Å²) in [6.07, 6.45) is 0.901. The van der Waals surface area contributed by atoms with Crippen LogP contribution in [0.25, 0.3) is 0 Å². The molecule has 26 heavy (non-hydrogen) atoms. The second kappa shape index (κ2) is 9.17. The summed E-state index contributed by atoms with van der Waals surface area (Å²) in [7, 11) is 0. The first-order valence-electron chi connectivity index (χ1n) is 8.39. The van der Waals surface area contributed by atoms with Crippen molar-refractivity contribution in [1.82, 2.24) is 10.2 Å². The molecule has 0 radical (unpaired) electrons. The number of ether oxygens (including phenoxy) is 1. The highest BCUT2D eigenvalue weighted by Gasteiger charge is 2.05. The molecular formula is C20H20N4O2. The normalized spacial score (nSPS) is 10.2. The summed E-state index contributed by atoms with van der Waals surface area (Å²) in [5.74, 6) is 1.42. The van der Waals surface area contributed by atoms with Crippen LogP contribution in [0.4, 0.5) is 11.6 Å². The molecule has 132 valence electrons. The Labute approximate surface area is 152 Å². The van der Waals surface area contributed by atoms with Crippen LogP contribution in [-0.2, 0) is 11.2 Å². The number of amides is 1. The third-order valence-corrected chi connectivity index (χ3v) is 3.61. The molecule has 0 atom stereocenters. The minimum absolute atomic E-state index is 0.0806. The van der Waals surface area contributed by atoms with E-state index in [0.717, 1.165) is 13.0 Å². The lowest BCUT2D eigenvalue weighted by Crippen LogP contribution is -2.21. The zero-order chi connectivity index (χ0) is 18.0. The maximum atomic E-state index is 11.9. The molecule has 0 saturated carbocycles. The first-order chi connectivity index (χ1) is 12.8. The minimum Gasteiger partial charge on any atom is -0.484 e. The van der Waals surface area contributed by atoms with Crippen LogP contribution in [0.1, 0.15) is 5.56 Å². The number of anilines is 2. The van der Waals surface area contributed by atoms with Gasteiger partial charge in [0.2, 0.25) is 0 Å². The molecule has 6 heteroatoms. The molecule has 6 nitrogen and oxygen atoms in total. The highest BCUT2D eigenvalue weighted by molar-refractivity contribution is 5.90. The van der Waals surface area contributed by atoms with E-state index in [1.54, 1.807) is 24.3 Å². The van der Waals surface area contributed by atoms with Crippen molar-refractivity contribution in [2.45, 2.75) is 6.42 Å². The molecule has 0 aliphatic carbocycles. The molecule has 2 N–H and O–H groups in total. The van der Waals surface area contributed by atoms with Crippen molar-refractivity contribution in [3.8, 4) is 5.75 Å². The molecule has 0 unspecified atom stereocenters. The van der Waals surface area contributed by atoms with Crippen molar-refractivity contribution in [3.05, 3.63) is 78.4 Å². The van der Waals surface area contributed by atoms with E-state index < -0.39 is 0 Å². The predicted octanol–water partition coefficient (Wildman–Crippen LogP) is 3.15. The first kappa shape index (κ1) is 17.4. The van der Waals surface area contributed by atoms with Crippen LogP contribution < -0.4 is 15.4 Å². The zero-order valence-corrected chi connectivity index (χ0v) is 14.3. The lowest BCUT2D eigenvalue weighted by atomic mass is 10.1. The number of carbonyl (C=O) groups is 1. The van der Waals surface area contributed by atoms with E-state index in [0.29, 0.717) is 17.4 Å². The third-order valence-electron chi connectivity index (χ3n) is 3.61. The molecule has 1 aromatic heterocycles. The predicted molar refractivity (Wildman–Crippen MR) is 101 cm³/mol. The summed E-state index contributed by atoms with van der Waals surface area (Å²) in [4.78, 5) is 11.9. The Balaban J connectivity index is 1.41. The van der Waals surface area contributed by atoms with Crippen LogP contribution in [0.5, 0.6) is 5.75 Å². The van der Waals surface area contributed by atoms with E-state index in [-0.39, 0.29) is 12.5 Å². The van der Waals surface area contributed by atoms with Crippen molar-refractivity contribution >= 4 is 17.5 Å². The average molecular weight is 348 g/mol. The number of nitrogens with zero attached hydrogens (tertiary/aromatic N) is 2. The summed E-state index contributed by atoms with van der Waals surface area (Å²) in [5.41, 5.74) is 1.26. The van der Waals surface area contributed by atoms with Gasteiger partial charge in [-0.15, -0.1) is 10.2 Å². The molecule has 0 fully saturated rings. The molecule has 1 amide bonds. The van der Waals surface area contributed by atoms with Gasteiger partial charge in [0.1, 0.15) is 11.6 Å². The quantitative estimate of drug-likeness (QED) is 0.654. The summed E-state index contributed by atoms with van der Waals surface area (Å²) < 4.78 is 5.39. The molecule has 0 saturated heterocycles. The second-order valence-corrected chi connectivity index (χ2v) is 5.62. The number of benzene rings is 2. The number of nitrogens with one attached hydrogen (secondary N) is 2. The monoisotopic (exact) mass is 348 g/mol. The lowest BCUT2D eigenvalue weighted by Gasteiger charge is -2.08. The van der Waals surface area contributed by atoms with Gasteiger partial charge in [0.05, 0.1) is 0 Å². The van der Waals surface area contributed by atoms with Gasteiger partial charge in [0.15, 0.2) is 12.4 Å². The molecule has 0 bridgehead atoms. The summed E-state index contributed by atoms with van der Waals surface area (Å²) in [6, 6.07) is 22.9. The molecular weight excluding hydrogens is 328 g/mol. The van der Waals surface area contributed by atoms with E-state index in [1.165, 1.54) is 5.56 Å². The van der Waals surface area contributed by atoms with Crippen molar-refractivity contribution in [2.75, 3.05) is 23.8 Å². The number of aromatic nitrogens is 2. The van der Waals surface area contributed by atoms with E-state index in [4.69, 9.17) is 4.74 Å². The van der Waals surface area contributed by atoms with Gasteiger partial charge in [0.25, 0.3) is 5.91 Å². The maximum Gasteiger partial charge on any atom is 0.263 e. The Kier molecular flexibility index (Phi) is 6.14. The standard InChI is InChI=1S/C20H20N4O2/c25-20(15-26-17-9-5-2-6-10-17)22-19-12-11-18(23-24-19)21-14-13-16-7-3-1-4-8-16/h1-12H,13-15H2,(H,21,23)(H,22,24,25). The van der Waals surface area contributed by atoms with Crippen LogP contribution in [0.15, 0.2) is 72.8 Å². The Morgan fingerprint density at radius 3 is 2.19 bits per heavy atom. The topological polar surface area (TPSA) is 76.1 Å². The van der Waals surface area contributed by atoms with Crippen LogP contribution in [-0.4, -0.2) is 29.3 Å². The van der Waals surface area contributed by atoms with Gasteiger partial charge in [-0.1, -0.05) is 48.5 Å². The van der Waals surface area contributed by atoms with Gasteiger partial charge in [-0.2, -0.15) is 0 Å². The van der Waals surface area contributed by atoms with Gasteiger partial charge in [-0.3, -0.25) is 4.79 Å². The zero-order valence-electron chi connectivity index (χ0n) is 14.3. The Morgan fingerprint density at radius 2 is 1.50 bits per heavy atom. The highest BCUT2D eigenvalue weighted by Crippen LogP contribution is 2.09. The van der Waals surface area contributed by atoms with Crippen LogP contribution in [0.2, 0.25) is 0 Å². The SMILES string of the molecule is O=C(COc1ccccc1)Nc1ccc(NCCc2ccccc2)nn1. The lowest BCUT2D eigenvalue weighted by molar-refractivity contribution is -0.118. The smallest absolute Gasteiger partial charge is 0.263 e. The Hall–Kier alpha value is -3.41. The molecule has 3 aromatic rings. The summed E-state index contributed by atoms with van der Waals surface area (Å²) in [5, 5.41) is 13.9. The number of carbonyl (C=O) groups excluding carboxylic acids is 1. The van der Waals surface area contributed by atoms with Gasteiger partial charge in [-0.05, 0) is 36.2 Å². The Morgan fingerprint density at radius 1 is 0.846 bits per heavy atom. The van der Waals surface area contributed by atoms with Crippen molar-refractivity contribution in [1.29, 1.82) is 0 Å². The fraction of sp³-hybridized carbons (Fsp3) is 0.150. The molecule has 0 spiro atoms. The molecule has 2 aromatic carbocycles. The third kappa shape index (κ3) is 5.59. The number of hydrogen-bond donors (Lipinski definition) is 2. The average Bonchev–Trinajstić information content (AvgIpc) is 2.69. The first-order valence-corrected chi connectivity index (χ1v) is 8.39. The van der Waals surface area contributed by atoms with E-state index in [2.05, 4.69) is 33.0 Å². The Bertz CT molecular complexity index is 808. The maximum absolute atomic E-state index is 11.9. The van der Waals surface area contributed by atoms with Crippen molar-refractivity contribution in [3.63, 3.8) is 0 Å². The number of hydrogen-bond acceptors (Lipinski definition) is 5. The highest BCUT2D eigenvalue weighted by atomic mass is 16.5. The molecule has 0 aliphatic rings. The fourth-order valence-corrected chi connectivity index (χ4v) is 2.32. The van der Waals surface area contributed by atoms with Gasteiger partial charge < -0.3 is 15.4 Å². The molecule has 3 rings (SSSR count). The van der Waals surface area contributed by atoms with E-state index in [1.807, 2.05) is 36.4 Å². The van der Waals surface area contributed by atoms with Crippen LogP contribution in [0, 0.1) is 0 Å². The molecule has 1 heterocycles. The van der Waals surface area contributed by atoms with E-state index >= 15 is 0 Å². The van der Waals surface area contributed by atoms with Crippen LogP contribution >= 0.6 is 0 Å². The number of rotatable bonds is 8. The van der Waals surface area contributed by atoms with Gasteiger partial charge in [0, 0.05) is 6.54 Å². The van der Waals surface area contributed by atoms with Gasteiger partial charge in [-0.25, -0.2) is 0 Å². The van der Waals surface area contributed by atoms with Crippen molar-refractivity contribution < 1.29 is 9.53 Å². The van der Waals surface area contributed by atoms with E-state index in [9.17, 15) is 4.79 Å². The second-order valence-electron chi connectivity index (χ2n) is 5.62. The van der Waals surface area contributed by atoms with Gasteiger partial charge >= 0.3 is 0 Å².